The number of rotatable bonds is 6. The number of fused-ring (bicyclic) bond motifs is 1. The molecule has 1 aromatic carbocycles. The van der Waals surface area contributed by atoms with Crippen LogP contribution in [-0.4, -0.2) is 74.2 Å². The molecule has 0 N–H and O–H groups in total. The van der Waals surface area contributed by atoms with Gasteiger partial charge in [-0.25, -0.2) is 14.4 Å². The summed E-state index contributed by atoms with van der Waals surface area (Å²) in [4.78, 5) is 41.3. The Morgan fingerprint density at radius 3 is 2.55 bits per heavy atom. The molecule has 220 valence electrons. The smallest absolute Gasteiger partial charge is 0.412 e. The number of amidine groups is 1. The molecule has 2 fully saturated rings. The molecule has 14 heteroatoms. The van der Waals surface area contributed by atoms with Gasteiger partial charge in [0, 0.05) is 62.9 Å². The van der Waals surface area contributed by atoms with Gasteiger partial charge < -0.3 is 14.5 Å². The number of carbonyl (C=O) groups is 1. The van der Waals surface area contributed by atoms with Crippen molar-refractivity contribution in [2.24, 2.45) is 23.9 Å². The molecule has 3 unspecified atom stereocenters. The van der Waals surface area contributed by atoms with Crippen molar-refractivity contribution in [1.82, 2.24) is 19.4 Å². The largest absolute Gasteiger partial charge is 0.460 e. The number of nitrogens with zero attached hydrogens (tertiary/aromatic N) is 6. The van der Waals surface area contributed by atoms with Crippen molar-refractivity contribution in [3.05, 3.63) is 76.6 Å². The topological polar surface area (TPSA) is 92.9 Å². The van der Waals surface area contributed by atoms with E-state index in [1.54, 1.807) is 49.3 Å². The first-order valence-corrected chi connectivity index (χ1v) is 14.1. The van der Waals surface area contributed by atoms with Crippen molar-refractivity contribution in [1.29, 1.82) is 0 Å². The molecule has 4 heterocycles. The summed E-state index contributed by atoms with van der Waals surface area (Å²) >= 11 is 0.789. The second-order valence-electron chi connectivity index (χ2n) is 10.6. The standard InChI is InChI=1S/C28H26F4N6O3S/c1-36-21(39)10-20(16-8-9-33-11-19(16)29)34-26(36)37(2)22-17-12-38(13-18(17)22)27-35-24(28(30,31)32)23(42-27)25(40)41-14-15-6-4-3-5-7-15/h3-11,17-18,22-24H,12-14H2,1-2H3/t17-,18+,22?,23?,24?. The van der Waals surface area contributed by atoms with Crippen LogP contribution in [0.1, 0.15) is 5.56 Å². The number of anilines is 1. The van der Waals surface area contributed by atoms with Gasteiger partial charge in [0.05, 0.1) is 11.9 Å². The fourth-order valence-corrected chi connectivity index (χ4v) is 6.91. The Kier molecular flexibility index (Phi) is 7.19. The summed E-state index contributed by atoms with van der Waals surface area (Å²) in [5.74, 6) is -1.02. The van der Waals surface area contributed by atoms with E-state index in [4.69, 9.17) is 4.74 Å². The Bertz CT molecular complexity index is 1590. The molecule has 2 aliphatic heterocycles. The quantitative estimate of drug-likeness (QED) is 0.313. The van der Waals surface area contributed by atoms with Crippen LogP contribution in [0.2, 0.25) is 0 Å². The summed E-state index contributed by atoms with van der Waals surface area (Å²) in [5.41, 5.74) is 0.668. The molecule has 0 amide bonds. The number of aliphatic imine (C=N–C) groups is 1. The normalized spacial score (nSPS) is 24.8. The zero-order chi connectivity index (χ0) is 29.8. The molecular formula is C28H26F4N6O3S. The Morgan fingerprint density at radius 1 is 1.17 bits per heavy atom. The lowest BCUT2D eigenvalue weighted by Gasteiger charge is -2.27. The third-order valence-corrected chi connectivity index (χ3v) is 9.18. The molecule has 1 saturated heterocycles. The molecule has 0 bridgehead atoms. The average Bonchev–Trinajstić information content (AvgIpc) is 3.28. The number of thioether (sulfide) groups is 1. The predicted octanol–water partition coefficient (Wildman–Crippen LogP) is 3.49. The van der Waals surface area contributed by atoms with Crippen LogP contribution in [-0.2, 0) is 23.2 Å². The highest BCUT2D eigenvalue weighted by molar-refractivity contribution is 8.15. The predicted molar refractivity (Wildman–Crippen MR) is 148 cm³/mol. The molecule has 3 aliphatic rings. The monoisotopic (exact) mass is 602 g/mol. The number of pyridine rings is 1. The van der Waals surface area contributed by atoms with Gasteiger partial charge in [0.15, 0.2) is 17.0 Å². The van der Waals surface area contributed by atoms with Gasteiger partial charge in [0.2, 0.25) is 5.95 Å². The SMILES string of the molecule is CN(c1nc(-c2ccncc2F)cc(=O)n1C)C1[C@H]2CN(C3=NC(C(F)(F)F)C(C(=O)OCc4ccccc4)S3)C[C@@H]12. The van der Waals surface area contributed by atoms with Crippen LogP contribution in [0.3, 0.4) is 0 Å². The molecule has 2 aromatic heterocycles. The van der Waals surface area contributed by atoms with Gasteiger partial charge in [0.25, 0.3) is 5.56 Å². The number of carbonyl (C=O) groups excluding carboxylic acids is 1. The number of benzene rings is 1. The van der Waals surface area contributed by atoms with E-state index in [0.717, 1.165) is 18.0 Å². The number of likely N-dealkylation sites (tertiary alicyclic amines) is 1. The molecule has 1 saturated carbocycles. The number of halogens is 4. The van der Waals surface area contributed by atoms with Gasteiger partial charge in [-0.3, -0.25) is 19.1 Å². The zero-order valence-corrected chi connectivity index (χ0v) is 23.3. The number of aromatic nitrogens is 3. The maximum Gasteiger partial charge on any atom is 0.412 e. The summed E-state index contributed by atoms with van der Waals surface area (Å²) in [5, 5.41) is -1.34. The van der Waals surface area contributed by atoms with Crippen molar-refractivity contribution in [3.8, 4) is 11.3 Å². The molecule has 1 aliphatic carbocycles. The number of esters is 1. The van der Waals surface area contributed by atoms with E-state index in [0.29, 0.717) is 24.6 Å². The molecule has 3 aromatic rings. The van der Waals surface area contributed by atoms with Crippen LogP contribution in [0.25, 0.3) is 11.3 Å². The first kappa shape index (κ1) is 28.2. The molecule has 0 radical (unpaired) electrons. The lowest BCUT2D eigenvalue weighted by molar-refractivity contribution is -0.162. The minimum atomic E-state index is -4.70. The highest BCUT2D eigenvalue weighted by Gasteiger charge is 2.61. The Hall–Kier alpha value is -3.94. The van der Waals surface area contributed by atoms with Crippen LogP contribution < -0.4 is 10.5 Å². The second kappa shape index (κ2) is 10.7. The Balaban J connectivity index is 1.13. The minimum absolute atomic E-state index is 0.0195. The van der Waals surface area contributed by atoms with Gasteiger partial charge >= 0.3 is 12.1 Å². The van der Waals surface area contributed by atoms with Crippen molar-refractivity contribution in [3.63, 3.8) is 0 Å². The van der Waals surface area contributed by atoms with E-state index in [1.165, 1.54) is 22.9 Å². The second-order valence-corrected chi connectivity index (χ2v) is 11.7. The summed E-state index contributed by atoms with van der Waals surface area (Å²) in [7, 11) is 3.37. The van der Waals surface area contributed by atoms with E-state index in [-0.39, 0.29) is 46.5 Å². The van der Waals surface area contributed by atoms with Crippen molar-refractivity contribution in [2.45, 2.75) is 30.1 Å². The van der Waals surface area contributed by atoms with Crippen LogP contribution in [0.5, 0.6) is 0 Å². The summed E-state index contributed by atoms with van der Waals surface area (Å²) in [6.45, 7) is 0.757. The van der Waals surface area contributed by atoms with Crippen molar-refractivity contribution in [2.75, 3.05) is 25.0 Å². The Labute approximate surface area is 242 Å². The molecular weight excluding hydrogens is 576 g/mol. The molecule has 5 atom stereocenters. The first-order chi connectivity index (χ1) is 20.0. The van der Waals surface area contributed by atoms with Crippen molar-refractivity contribution >= 4 is 28.8 Å². The van der Waals surface area contributed by atoms with Gasteiger partial charge in [0.1, 0.15) is 11.9 Å². The summed E-state index contributed by atoms with van der Waals surface area (Å²) in [6.07, 6.45) is -2.23. The third kappa shape index (κ3) is 5.23. The molecule has 9 nitrogen and oxygen atoms in total. The van der Waals surface area contributed by atoms with E-state index in [2.05, 4.69) is 15.0 Å². The maximum atomic E-state index is 14.3. The molecule has 42 heavy (non-hydrogen) atoms. The fourth-order valence-electron chi connectivity index (χ4n) is 5.71. The van der Waals surface area contributed by atoms with Crippen molar-refractivity contribution < 1.29 is 27.1 Å². The average molecular weight is 603 g/mol. The summed E-state index contributed by atoms with van der Waals surface area (Å²) < 4.78 is 62.6. The first-order valence-electron chi connectivity index (χ1n) is 13.2. The van der Waals surface area contributed by atoms with E-state index in [9.17, 15) is 27.2 Å². The van der Waals surface area contributed by atoms with E-state index < -0.39 is 29.3 Å². The van der Waals surface area contributed by atoms with Crippen LogP contribution >= 0.6 is 11.8 Å². The third-order valence-electron chi connectivity index (χ3n) is 7.90. The van der Waals surface area contributed by atoms with Gasteiger partial charge in [-0.05, 0) is 11.6 Å². The molecule has 6 rings (SSSR count). The van der Waals surface area contributed by atoms with Crippen LogP contribution in [0, 0.1) is 17.7 Å². The number of hydrogen-bond donors (Lipinski definition) is 0. The van der Waals surface area contributed by atoms with Crippen LogP contribution in [0.15, 0.2) is 64.6 Å². The number of alkyl halides is 3. The van der Waals surface area contributed by atoms with E-state index in [1.807, 2.05) is 4.90 Å². The van der Waals surface area contributed by atoms with Crippen LogP contribution in [0.4, 0.5) is 23.5 Å². The van der Waals surface area contributed by atoms with Gasteiger partial charge in [-0.2, -0.15) is 13.2 Å². The lowest BCUT2D eigenvalue weighted by atomic mass is 10.2. The number of piperidine rings is 1. The minimum Gasteiger partial charge on any atom is -0.460 e. The molecule has 0 spiro atoms. The number of hydrogen-bond acceptors (Lipinski definition) is 9. The maximum absolute atomic E-state index is 14.3. The zero-order valence-electron chi connectivity index (χ0n) is 22.5. The fraction of sp³-hybridized carbons (Fsp3) is 0.393. The Morgan fingerprint density at radius 2 is 1.88 bits per heavy atom. The number of ether oxygens (including phenoxy) is 1. The van der Waals surface area contributed by atoms with Gasteiger partial charge in [-0.15, -0.1) is 0 Å². The van der Waals surface area contributed by atoms with Gasteiger partial charge in [-0.1, -0.05) is 42.1 Å². The highest BCUT2D eigenvalue weighted by atomic mass is 32.2. The highest BCUT2D eigenvalue weighted by Crippen LogP contribution is 2.51. The van der Waals surface area contributed by atoms with E-state index >= 15 is 0 Å². The lowest BCUT2D eigenvalue weighted by Crippen LogP contribution is -2.39. The summed E-state index contributed by atoms with van der Waals surface area (Å²) in [6, 6.07) is 9.25.